The lowest BCUT2D eigenvalue weighted by molar-refractivity contribution is 0.0771. The molecule has 1 atom stereocenters. The van der Waals surface area contributed by atoms with Crippen molar-refractivity contribution in [1.29, 1.82) is 0 Å². The number of nitrogens with one attached hydrogen (secondary N) is 1. The third kappa shape index (κ3) is 3.62. The molecular formula is C14H17F2NO. The highest BCUT2D eigenvalue weighted by molar-refractivity contribution is 5.53. The molecule has 0 saturated carbocycles. The molecule has 0 aliphatic carbocycles. The Balaban J connectivity index is 2.02. The summed E-state index contributed by atoms with van der Waals surface area (Å²) in [6.07, 6.45) is 2.56. The first kappa shape index (κ1) is 13.2. The maximum absolute atomic E-state index is 13.5. The molecule has 0 bridgehead atoms. The zero-order valence-corrected chi connectivity index (χ0v) is 10.4. The molecule has 2 rings (SSSR count). The quantitative estimate of drug-likeness (QED) is 0.894. The molecule has 0 radical (unpaired) electrons. The van der Waals surface area contributed by atoms with Crippen molar-refractivity contribution in [3.05, 3.63) is 41.0 Å². The Morgan fingerprint density at radius 2 is 2.33 bits per heavy atom. The molecule has 1 N–H and O–H groups in total. The van der Waals surface area contributed by atoms with Crippen molar-refractivity contribution in [3.8, 4) is 0 Å². The summed E-state index contributed by atoms with van der Waals surface area (Å²) in [4.78, 5) is 0. The summed E-state index contributed by atoms with van der Waals surface area (Å²) < 4.78 is 31.6. The third-order valence-electron chi connectivity index (χ3n) is 2.93. The van der Waals surface area contributed by atoms with Crippen LogP contribution in [0.2, 0.25) is 0 Å². The van der Waals surface area contributed by atoms with Crippen LogP contribution in [0.15, 0.2) is 23.8 Å². The van der Waals surface area contributed by atoms with Gasteiger partial charge in [0.05, 0.1) is 13.2 Å². The van der Waals surface area contributed by atoms with Gasteiger partial charge in [-0.15, -0.1) is 0 Å². The summed E-state index contributed by atoms with van der Waals surface area (Å²) >= 11 is 0. The van der Waals surface area contributed by atoms with Gasteiger partial charge in [0.2, 0.25) is 0 Å². The van der Waals surface area contributed by atoms with E-state index in [9.17, 15) is 8.78 Å². The van der Waals surface area contributed by atoms with E-state index >= 15 is 0 Å². The highest BCUT2D eigenvalue weighted by Gasteiger charge is 2.13. The van der Waals surface area contributed by atoms with Crippen LogP contribution in [0.5, 0.6) is 0 Å². The summed E-state index contributed by atoms with van der Waals surface area (Å²) in [7, 11) is 0. The van der Waals surface area contributed by atoms with Crippen LogP contribution in [0.4, 0.5) is 8.78 Å². The van der Waals surface area contributed by atoms with Crippen LogP contribution < -0.4 is 5.32 Å². The minimum Gasteiger partial charge on any atom is -0.379 e. The molecule has 2 nitrogen and oxygen atoms in total. The Morgan fingerprint density at radius 3 is 3.00 bits per heavy atom. The van der Waals surface area contributed by atoms with Gasteiger partial charge in [-0.3, -0.25) is 0 Å². The fraction of sp³-hybridized carbons (Fsp3) is 0.429. The summed E-state index contributed by atoms with van der Waals surface area (Å²) in [6, 6.07) is 3.91. The SMILES string of the molecule is C/C(=C/c1ccc(F)cc1F)CC1COCCN1. The first-order valence-corrected chi connectivity index (χ1v) is 6.08. The Bertz CT molecular complexity index is 439. The van der Waals surface area contributed by atoms with Gasteiger partial charge >= 0.3 is 0 Å². The molecule has 1 heterocycles. The standard InChI is InChI=1S/C14H17F2NO/c1-10(7-13-9-18-5-4-17-13)6-11-2-3-12(15)8-14(11)16/h2-3,6,8,13,17H,4-5,7,9H2,1H3/b10-6-. The van der Waals surface area contributed by atoms with Crippen LogP contribution in [0.1, 0.15) is 18.9 Å². The second-order valence-electron chi connectivity index (χ2n) is 4.59. The van der Waals surface area contributed by atoms with Crippen molar-refractivity contribution in [1.82, 2.24) is 5.32 Å². The van der Waals surface area contributed by atoms with E-state index in [2.05, 4.69) is 5.32 Å². The number of rotatable bonds is 3. The molecule has 0 amide bonds. The first-order chi connectivity index (χ1) is 8.65. The molecule has 4 heteroatoms. The number of morpholine rings is 1. The molecule has 1 fully saturated rings. The summed E-state index contributed by atoms with van der Waals surface area (Å²) in [6.45, 7) is 4.21. The lowest BCUT2D eigenvalue weighted by atomic mass is 10.0. The van der Waals surface area contributed by atoms with Gasteiger partial charge < -0.3 is 10.1 Å². The first-order valence-electron chi connectivity index (χ1n) is 6.08. The highest BCUT2D eigenvalue weighted by atomic mass is 19.1. The van der Waals surface area contributed by atoms with Crippen LogP contribution >= 0.6 is 0 Å². The van der Waals surface area contributed by atoms with Crippen LogP contribution in [0, 0.1) is 11.6 Å². The molecule has 1 unspecified atom stereocenters. The molecule has 18 heavy (non-hydrogen) atoms. The second kappa shape index (κ2) is 6.07. The number of benzene rings is 1. The van der Waals surface area contributed by atoms with E-state index in [-0.39, 0.29) is 6.04 Å². The normalized spacial score (nSPS) is 21.1. The monoisotopic (exact) mass is 253 g/mol. The molecule has 1 saturated heterocycles. The smallest absolute Gasteiger partial charge is 0.133 e. The highest BCUT2D eigenvalue weighted by Crippen LogP contribution is 2.16. The molecule has 1 aromatic rings. The lowest BCUT2D eigenvalue weighted by Gasteiger charge is -2.24. The predicted molar refractivity (Wildman–Crippen MR) is 67.2 cm³/mol. The fourth-order valence-electron chi connectivity index (χ4n) is 2.08. The van der Waals surface area contributed by atoms with Gasteiger partial charge in [0.15, 0.2) is 0 Å². The minimum absolute atomic E-state index is 0.276. The zero-order valence-electron chi connectivity index (χ0n) is 10.4. The van der Waals surface area contributed by atoms with Gasteiger partial charge in [-0.25, -0.2) is 8.78 Å². The molecule has 1 aliphatic heterocycles. The fourth-order valence-corrected chi connectivity index (χ4v) is 2.08. The van der Waals surface area contributed by atoms with E-state index < -0.39 is 11.6 Å². The average molecular weight is 253 g/mol. The number of halogens is 2. The third-order valence-corrected chi connectivity index (χ3v) is 2.93. The van der Waals surface area contributed by atoms with Gasteiger partial charge in [0.25, 0.3) is 0 Å². The Hall–Kier alpha value is -1.26. The molecule has 0 aromatic heterocycles. The lowest BCUT2D eigenvalue weighted by Crippen LogP contribution is -2.41. The van der Waals surface area contributed by atoms with Crippen molar-refractivity contribution in [3.63, 3.8) is 0 Å². The van der Waals surface area contributed by atoms with Crippen LogP contribution in [-0.4, -0.2) is 25.8 Å². The Morgan fingerprint density at radius 1 is 1.50 bits per heavy atom. The van der Waals surface area contributed by atoms with Gasteiger partial charge in [0, 0.05) is 24.2 Å². The van der Waals surface area contributed by atoms with Crippen LogP contribution in [-0.2, 0) is 4.74 Å². The summed E-state index contributed by atoms with van der Waals surface area (Å²) in [5, 5.41) is 3.34. The van der Waals surface area contributed by atoms with Crippen molar-refractivity contribution in [2.45, 2.75) is 19.4 Å². The van der Waals surface area contributed by atoms with Crippen LogP contribution in [0.25, 0.3) is 6.08 Å². The van der Waals surface area contributed by atoms with E-state index in [1.807, 2.05) is 6.92 Å². The summed E-state index contributed by atoms with van der Waals surface area (Å²) in [5.41, 5.74) is 1.47. The van der Waals surface area contributed by atoms with Gasteiger partial charge in [0.1, 0.15) is 11.6 Å². The molecular weight excluding hydrogens is 236 g/mol. The number of ether oxygens (including phenoxy) is 1. The van der Waals surface area contributed by atoms with Crippen molar-refractivity contribution in [2.75, 3.05) is 19.8 Å². The van der Waals surface area contributed by atoms with E-state index in [1.165, 1.54) is 12.1 Å². The zero-order chi connectivity index (χ0) is 13.0. The number of hydrogen-bond acceptors (Lipinski definition) is 2. The van der Waals surface area contributed by atoms with Gasteiger partial charge in [-0.05, 0) is 25.5 Å². The Kier molecular flexibility index (Phi) is 4.44. The maximum Gasteiger partial charge on any atom is 0.133 e. The maximum atomic E-state index is 13.5. The molecule has 0 spiro atoms. The largest absolute Gasteiger partial charge is 0.379 e. The molecule has 1 aromatic carbocycles. The topological polar surface area (TPSA) is 21.3 Å². The number of hydrogen-bond donors (Lipinski definition) is 1. The van der Waals surface area contributed by atoms with Gasteiger partial charge in [-0.2, -0.15) is 0 Å². The minimum atomic E-state index is -0.551. The second-order valence-corrected chi connectivity index (χ2v) is 4.59. The average Bonchev–Trinajstić information content (AvgIpc) is 2.34. The van der Waals surface area contributed by atoms with Crippen molar-refractivity contribution < 1.29 is 13.5 Å². The van der Waals surface area contributed by atoms with E-state index in [0.29, 0.717) is 12.2 Å². The van der Waals surface area contributed by atoms with Crippen molar-refractivity contribution >= 4 is 6.08 Å². The van der Waals surface area contributed by atoms with E-state index in [4.69, 9.17) is 4.74 Å². The van der Waals surface area contributed by atoms with E-state index in [0.717, 1.165) is 31.2 Å². The summed E-state index contributed by atoms with van der Waals surface area (Å²) in [5.74, 6) is -1.08. The van der Waals surface area contributed by atoms with Crippen LogP contribution in [0.3, 0.4) is 0 Å². The molecule has 1 aliphatic rings. The predicted octanol–water partition coefficient (Wildman–Crippen LogP) is 2.75. The molecule has 98 valence electrons. The Labute approximate surface area is 106 Å². The van der Waals surface area contributed by atoms with Gasteiger partial charge in [-0.1, -0.05) is 11.6 Å². The van der Waals surface area contributed by atoms with E-state index in [1.54, 1.807) is 6.08 Å². The van der Waals surface area contributed by atoms with Crippen molar-refractivity contribution in [2.24, 2.45) is 0 Å².